The summed E-state index contributed by atoms with van der Waals surface area (Å²) in [7, 11) is 1.72. The van der Waals surface area contributed by atoms with E-state index in [-0.39, 0.29) is 18.7 Å². The van der Waals surface area contributed by atoms with Gasteiger partial charge in [-0.2, -0.15) is 4.98 Å². The molecule has 0 saturated carbocycles. The minimum Gasteiger partial charge on any atom is -0.357 e. The monoisotopic (exact) mass is 414 g/mol. The number of fused-ring (bicyclic) bond motifs is 1. The molecule has 9 heteroatoms. The lowest BCUT2D eigenvalue weighted by atomic mass is 10.0. The van der Waals surface area contributed by atoms with E-state index < -0.39 is 17.5 Å². The highest BCUT2D eigenvalue weighted by atomic mass is 19.1. The molecule has 158 valence electrons. The summed E-state index contributed by atoms with van der Waals surface area (Å²) in [4.78, 5) is 24.9. The molecule has 2 heterocycles. The van der Waals surface area contributed by atoms with E-state index in [9.17, 15) is 13.6 Å². The first-order chi connectivity index (χ1) is 14.2. The number of pyridine rings is 1. The zero-order valence-electron chi connectivity index (χ0n) is 17.3. The van der Waals surface area contributed by atoms with Gasteiger partial charge in [-0.15, -0.1) is 0 Å². The maximum absolute atomic E-state index is 14.4. The van der Waals surface area contributed by atoms with Gasteiger partial charge < -0.3 is 16.0 Å². The molecule has 0 unspecified atom stereocenters. The summed E-state index contributed by atoms with van der Waals surface area (Å²) >= 11 is 0. The second-order valence-electron chi connectivity index (χ2n) is 7.58. The number of amides is 2. The van der Waals surface area contributed by atoms with Gasteiger partial charge in [0, 0.05) is 36.9 Å². The quantitative estimate of drug-likeness (QED) is 0.555. The molecule has 1 aromatic carbocycles. The van der Waals surface area contributed by atoms with Crippen LogP contribution in [0.15, 0.2) is 30.6 Å². The summed E-state index contributed by atoms with van der Waals surface area (Å²) < 4.78 is 27.9. The van der Waals surface area contributed by atoms with E-state index in [0.29, 0.717) is 22.7 Å². The fourth-order valence-electron chi connectivity index (χ4n) is 2.91. The Kier molecular flexibility index (Phi) is 6.09. The highest BCUT2D eigenvalue weighted by Gasteiger charge is 2.16. The van der Waals surface area contributed by atoms with Crippen molar-refractivity contribution in [1.29, 1.82) is 0 Å². The van der Waals surface area contributed by atoms with E-state index in [0.717, 1.165) is 10.9 Å². The number of urea groups is 1. The van der Waals surface area contributed by atoms with Crippen molar-refractivity contribution in [2.45, 2.75) is 32.9 Å². The number of nitrogens with zero attached hydrogens (tertiary/aromatic N) is 3. The molecule has 3 aromatic rings. The van der Waals surface area contributed by atoms with Gasteiger partial charge in [-0.1, -0.05) is 0 Å². The molecule has 0 atom stereocenters. The topological polar surface area (TPSA) is 91.8 Å². The Morgan fingerprint density at radius 1 is 1.17 bits per heavy atom. The van der Waals surface area contributed by atoms with Gasteiger partial charge in [0.25, 0.3) is 0 Å². The molecule has 3 N–H and O–H groups in total. The molecular weight excluding hydrogens is 390 g/mol. The van der Waals surface area contributed by atoms with Crippen LogP contribution in [0.1, 0.15) is 25.8 Å². The predicted molar refractivity (Wildman–Crippen MR) is 114 cm³/mol. The summed E-state index contributed by atoms with van der Waals surface area (Å²) in [6, 6.07) is 4.16. The first kappa shape index (κ1) is 21.4. The van der Waals surface area contributed by atoms with Crippen LogP contribution in [-0.4, -0.2) is 40.2 Å². The highest BCUT2D eigenvalue weighted by molar-refractivity contribution is 5.91. The predicted octanol–water partition coefficient (Wildman–Crippen LogP) is 4.44. The van der Waals surface area contributed by atoms with Crippen molar-refractivity contribution in [3.05, 3.63) is 42.0 Å². The number of anilines is 2. The van der Waals surface area contributed by atoms with Crippen molar-refractivity contribution in [3.63, 3.8) is 0 Å². The molecule has 0 aliphatic heterocycles. The van der Waals surface area contributed by atoms with Crippen molar-refractivity contribution in [3.8, 4) is 11.1 Å². The van der Waals surface area contributed by atoms with Crippen LogP contribution >= 0.6 is 0 Å². The number of hydrogen-bond donors (Lipinski definition) is 3. The largest absolute Gasteiger partial charge is 0.357 e. The molecule has 0 aliphatic carbocycles. The fourth-order valence-corrected chi connectivity index (χ4v) is 2.91. The molecule has 7 nitrogen and oxygen atoms in total. The molecular formula is C21H24F2N6O. The Hall–Kier alpha value is -3.36. The van der Waals surface area contributed by atoms with E-state index in [1.165, 1.54) is 19.9 Å². The molecule has 0 fully saturated rings. The normalized spacial score (nSPS) is 11.4. The molecule has 0 aliphatic rings. The van der Waals surface area contributed by atoms with E-state index in [4.69, 9.17) is 0 Å². The van der Waals surface area contributed by atoms with Crippen LogP contribution in [0.4, 0.5) is 25.2 Å². The average Bonchev–Trinajstić information content (AvgIpc) is 2.68. The lowest BCUT2D eigenvalue weighted by molar-refractivity contribution is 0.200. The van der Waals surface area contributed by atoms with Crippen molar-refractivity contribution in [2.75, 3.05) is 24.2 Å². The third-order valence-electron chi connectivity index (χ3n) is 4.53. The van der Waals surface area contributed by atoms with Gasteiger partial charge in [-0.25, -0.2) is 23.5 Å². The Morgan fingerprint density at radius 3 is 2.63 bits per heavy atom. The number of benzene rings is 1. The third kappa shape index (κ3) is 5.16. The second-order valence-corrected chi connectivity index (χ2v) is 7.58. The summed E-state index contributed by atoms with van der Waals surface area (Å²) in [5.74, 6) is -0.0951. The highest BCUT2D eigenvalue weighted by Crippen LogP contribution is 2.30. The van der Waals surface area contributed by atoms with E-state index >= 15 is 0 Å². The van der Waals surface area contributed by atoms with Gasteiger partial charge >= 0.3 is 6.03 Å². The number of hydrogen-bond acceptors (Lipinski definition) is 5. The molecule has 0 spiro atoms. The van der Waals surface area contributed by atoms with Crippen LogP contribution in [0.3, 0.4) is 0 Å². The fraction of sp³-hybridized carbons (Fsp3) is 0.333. The van der Waals surface area contributed by atoms with Gasteiger partial charge in [0.2, 0.25) is 5.95 Å². The van der Waals surface area contributed by atoms with Crippen LogP contribution in [0.2, 0.25) is 0 Å². The number of aryl methyl sites for hydroxylation is 1. The zero-order chi connectivity index (χ0) is 21.9. The number of nitrogens with one attached hydrogen (secondary N) is 3. The van der Waals surface area contributed by atoms with Crippen LogP contribution in [-0.2, 0) is 0 Å². The number of aromatic nitrogens is 3. The zero-order valence-corrected chi connectivity index (χ0v) is 17.3. The van der Waals surface area contributed by atoms with Crippen molar-refractivity contribution >= 4 is 28.7 Å². The Labute approximate surface area is 173 Å². The average molecular weight is 414 g/mol. The van der Waals surface area contributed by atoms with Crippen LogP contribution in [0.5, 0.6) is 0 Å². The molecule has 2 amide bonds. The van der Waals surface area contributed by atoms with Crippen molar-refractivity contribution in [2.24, 2.45) is 0 Å². The van der Waals surface area contributed by atoms with Gasteiger partial charge in [0.1, 0.15) is 11.5 Å². The lowest BCUT2D eigenvalue weighted by Crippen LogP contribution is -2.32. The maximum atomic E-state index is 14.4. The van der Waals surface area contributed by atoms with Crippen molar-refractivity contribution < 1.29 is 13.6 Å². The second kappa shape index (κ2) is 8.56. The standard InChI is InChI=1S/C21H24F2N6O/c1-12-7-16(22)17(28-20(30)25-6-5-21(2,3)23)9-15(12)13-8-14-11-27-19(24-4)29-18(14)26-10-13/h7-11H,5-6H2,1-4H3,(H2,25,28,30)(H,24,26,27,29). The van der Waals surface area contributed by atoms with Crippen LogP contribution < -0.4 is 16.0 Å². The lowest BCUT2D eigenvalue weighted by Gasteiger charge is -2.15. The number of carbonyl (C=O) groups is 1. The summed E-state index contributed by atoms with van der Waals surface area (Å²) in [6.07, 6.45) is 3.45. The number of rotatable bonds is 6. The Bertz CT molecular complexity index is 1080. The Balaban J connectivity index is 1.84. The number of carbonyl (C=O) groups excluding carboxylic acids is 1. The summed E-state index contributed by atoms with van der Waals surface area (Å²) in [5, 5.41) is 8.61. The smallest absolute Gasteiger partial charge is 0.319 e. The minimum absolute atomic E-state index is 0.0227. The minimum atomic E-state index is -1.39. The molecule has 0 bridgehead atoms. The molecule has 2 aromatic heterocycles. The first-order valence-electron chi connectivity index (χ1n) is 9.51. The van der Waals surface area contributed by atoms with E-state index in [1.807, 2.05) is 6.07 Å². The van der Waals surface area contributed by atoms with Gasteiger partial charge in [0.05, 0.1) is 5.69 Å². The maximum Gasteiger partial charge on any atom is 0.319 e. The van der Waals surface area contributed by atoms with Gasteiger partial charge in [-0.3, -0.25) is 0 Å². The molecule has 30 heavy (non-hydrogen) atoms. The third-order valence-corrected chi connectivity index (χ3v) is 4.53. The molecule has 3 rings (SSSR count). The van der Waals surface area contributed by atoms with Crippen LogP contribution in [0.25, 0.3) is 22.2 Å². The van der Waals surface area contributed by atoms with Gasteiger partial charge in [-0.05, 0) is 56.5 Å². The van der Waals surface area contributed by atoms with Crippen molar-refractivity contribution in [1.82, 2.24) is 20.3 Å². The van der Waals surface area contributed by atoms with Gasteiger partial charge in [0.15, 0.2) is 5.65 Å². The first-order valence-corrected chi connectivity index (χ1v) is 9.51. The number of halogens is 2. The number of alkyl halides is 1. The molecule has 0 saturated heterocycles. The van der Waals surface area contributed by atoms with E-state index in [1.54, 1.807) is 32.4 Å². The SMILES string of the molecule is CNc1ncc2cc(-c3cc(NC(=O)NCCC(C)(C)F)c(F)cc3C)cnc2n1. The summed E-state index contributed by atoms with van der Waals surface area (Å²) in [6.45, 7) is 4.77. The van der Waals surface area contributed by atoms with E-state index in [2.05, 4.69) is 30.9 Å². The summed E-state index contributed by atoms with van der Waals surface area (Å²) in [5.41, 5.74) is 1.30. The van der Waals surface area contributed by atoms with Crippen LogP contribution in [0, 0.1) is 12.7 Å². The Morgan fingerprint density at radius 2 is 1.93 bits per heavy atom. The molecule has 0 radical (unpaired) electrons.